The van der Waals surface area contributed by atoms with Gasteiger partial charge in [0.2, 0.25) is 0 Å². The van der Waals surface area contributed by atoms with E-state index in [1.807, 2.05) is 18.2 Å². The van der Waals surface area contributed by atoms with Crippen LogP contribution in [0.15, 0.2) is 30.3 Å². The van der Waals surface area contributed by atoms with Crippen molar-refractivity contribution in [1.29, 1.82) is 0 Å². The standard InChI is InChI=1S/C8H10IN/c9-6-8(10)7-4-2-1-3-5-7/h1-5,8H,6,10H2/t8-/m1/s1. The molecule has 0 bridgehead atoms. The van der Waals surface area contributed by atoms with Crippen LogP contribution in [-0.4, -0.2) is 4.43 Å². The van der Waals surface area contributed by atoms with E-state index in [4.69, 9.17) is 5.73 Å². The van der Waals surface area contributed by atoms with Crippen LogP contribution in [-0.2, 0) is 0 Å². The number of rotatable bonds is 2. The largest absolute Gasteiger partial charge is 0.323 e. The Morgan fingerprint density at radius 2 is 1.90 bits per heavy atom. The molecular formula is C8H10IN. The molecule has 0 aliphatic rings. The second-order valence-electron chi connectivity index (χ2n) is 2.17. The van der Waals surface area contributed by atoms with E-state index in [-0.39, 0.29) is 6.04 Å². The monoisotopic (exact) mass is 247 g/mol. The summed E-state index contributed by atoms with van der Waals surface area (Å²) in [6.45, 7) is 0. The Labute approximate surface area is 74.8 Å². The van der Waals surface area contributed by atoms with Gasteiger partial charge < -0.3 is 5.73 Å². The highest BCUT2D eigenvalue weighted by Crippen LogP contribution is 2.10. The van der Waals surface area contributed by atoms with Crippen molar-refractivity contribution < 1.29 is 0 Å². The van der Waals surface area contributed by atoms with Crippen LogP contribution < -0.4 is 5.73 Å². The first-order valence-corrected chi connectivity index (χ1v) is 4.73. The van der Waals surface area contributed by atoms with Crippen LogP contribution in [0, 0.1) is 0 Å². The van der Waals surface area contributed by atoms with E-state index >= 15 is 0 Å². The Bertz CT molecular complexity index is 186. The van der Waals surface area contributed by atoms with Crippen molar-refractivity contribution >= 4 is 22.6 Å². The van der Waals surface area contributed by atoms with E-state index in [9.17, 15) is 0 Å². The Morgan fingerprint density at radius 3 is 2.40 bits per heavy atom. The molecule has 2 heteroatoms. The summed E-state index contributed by atoms with van der Waals surface area (Å²) in [5, 5.41) is 0. The highest BCUT2D eigenvalue weighted by molar-refractivity contribution is 14.1. The molecule has 0 amide bonds. The summed E-state index contributed by atoms with van der Waals surface area (Å²) in [4.78, 5) is 0. The SMILES string of the molecule is N[C@H](CI)c1ccccc1. The molecule has 1 rings (SSSR count). The van der Waals surface area contributed by atoms with Crippen molar-refractivity contribution in [2.45, 2.75) is 6.04 Å². The summed E-state index contributed by atoms with van der Waals surface area (Å²) in [5.74, 6) is 0. The number of hydrogen-bond acceptors (Lipinski definition) is 1. The molecular weight excluding hydrogens is 237 g/mol. The van der Waals surface area contributed by atoms with Crippen molar-refractivity contribution in [3.63, 3.8) is 0 Å². The third-order valence-corrected chi connectivity index (χ3v) is 2.34. The van der Waals surface area contributed by atoms with Gasteiger partial charge in [-0.15, -0.1) is 0 Å². The van der Waals surface area contributed by atoms with Crippen LogP contribution in [0.1, 0.15) is 11.6 Å². The quantitative estimate of drug-likeness (QED) is 0.628. The first-order valence-electron chi connectivity index (χ1n) is 3.21. The van der Waals surface area contributed by atoms with Crippen molar-refractivity contribution in [2.75, 3.05) is 4.43 Å². The van der Waals surface area contributed by atoms with Gasteiger partial charge in [0.1, 0.15) is 0 Å². The molecule has 0 aromatic heterocycles. The lowest BCUT2D eigenvalue weighted by Crippen LogP contribution is -2.10. The molecule has 0 unspecified atom stereocenters. The second-order valence-corrected chi connectivity index (χ2v) is 3.05. The minimum absolute atomic E-state index is 0.196. The molecule has 0 saturated heterocycles. The zero-order chi connectivity index (χ0) is 7.40. The van der Waals surface area contributed by atoms with Crippen LogP contribution in [0.4, 0.5) is 0 Å². The van der Waals surface area contributed by atoms with Gasteiger partial charge in [-0.2, -0.15) is 0 Å². The summed E-state index contributed by atoms with van der Waals surface area (Å²) in [5.41, 5.74) is 7.01. The van der Waals surface area contributed by atoms with Gasteiger partial charge in [-0.3, -0.25) is 0 Å². The Balaban J connectivity index is 2.75. The van der Waals surface area contributed by atoms with Gasteiger partial charge in [-0.25, -0.2) is 0 Å². The number of nitrogens with two attached hydrogens (primary N) is 1. The summed E-state index contributed by atoms with van der Waals surface area (Å²) in [6, 6.07) is 10.3. The molecule has 54 valence electrons. The maximum atomic E-state index is 5.79. The normalized spacial score (nSPS) is 13.0. The Hall–Kier alpha value is -0.0900. The molecule has 0 spiro atoms. The third kappa shape index (κ3) is 1.95. The molecule has 0 saturated carbocycles. The van der Waals surface area contributed by atoms with Crippen molar-refractivity contribution in [1.82, 2.24) is 0 Å². The highest BCUT2D eigenvalue weighted by Gasteiger charge is 2.00. The molecule has 0 radical (unpaired) electrons. The summed E-state index contributed by atoms with van der Waals surface area (Å²) in [6.07, 6.45) is 0. The Kier molecular flexibility index (Phi) is 3.15. The average Bonchev–Trinajstić information content (AvgIpc) is 2.05. The molecule has 2 N–H and O–H groups in total. The fourth-order valence-corrected chi connectivity index (χ4v) is 1.30. The van der Waals surface area contributed by atoms with Gasteiger partial charge in [0.25, 0.3) is 0 Å². The number of benzene rings is 1. The van der Waals surface area contributed by atoms with Crippen LogP contribution in [0.5, 0.6) is 0 Å². The van der Waals surface area contributed by atoms with Gasteiger partial charge in [-0.05, 0) is 5.56 Å². The van der Waals surface area contributed by atoms with Crippen molar-refractivity contribution in [3.8, 4) is 0 Å². The molecule has 0 heterocycles. The van der Waals surface area contributed by atoms with Crippen LogP contribution in [0.3, 0.4) is 0 Å². The van der Waals surface area contributed by atoms with E-state index in [0.717, 1.165) is 4.43 Å². The molecule has 0 fully saturated rings. The van der Waals surface area contributed by atoms with E-state index in [1.165, 1.54) is 5.56 Å². The lowest BCUT2D eigenvalue weighted by Gasteiger charge is -2.06. The Morgan fingerprint density at radius 1 is 1.30 bits per heavy atom. The molecule has 0 aliphatic heterocycles. The minimum atomic E-state index is 0.196. The van der Waals surface area contributed by atoms with Crippen LogP contribution in [0.2, 0.25) is 0 Å². The number of hydrogen-bond donors (Lipinski definition) is 1. The average molecular weight is 247 g/mol. The number of halogens is 1. The van der Waals surface area contributed by atoms with Gasteiger partial charge in [0, 0.05) is 10.5 Å². The molecule has 1 aromatic rings. The molecule has 0 aliphatic carbocycles. The van der Waals surface area contributed by atoms with Crippen molar-refractivity contribution in [3.05, 3.63) is 35.9 Å². The molecule has 1 nitrogen and oxygen atoms in total. The first-order chi connectivity index (χ1) is 4.84. The lowest BCUT2D eigenvalue weighted by molar-refractivity contribution is 0.845. The molecule has 1 aromatic carbocycles. The van der Waals surface area contributed by atoms with Crippen molar-refractivity contribution in [2.24, 2.45) is 5.73 Å². The van der Waals surface area contributed by atoms with E-state index in [0.29, 0.717) is 0 Å². The summed E-state index contributed by atoms with van der Waals surface area (Å²) in [7, 11) is 0. The van der Waals surface area contributed by atoms with Crippen LogP contribution in [0.25, 0.3) is 0 Å². The third-order valence-electron chi connectivity index (χ3n) is 1.39. The second kappa shape index (κ2) is 3.93. The topological polar surface area (TPSA) is 26.0 Å². The van der Waals surface area contributed by atoms with Gasteiger partial charge >= 0.3 is 0 Å². The van der Waals surface area contributed by atoms with Gasteiger partial charge in [-0.1, -0.05) is 52.9 Å². The zero-order valence-electron chi connectivity index (χ0n) is 5.63. The fourth-order valence-electron chi connectivity index (χ4n) is 0.789. The molecule has 1 atom stereocenters. The van der Waals surface area contributed by atoms with E-state index in [1.54, 1.807) is 0 Å². The maximum Gasteiger partial charge on any atom is 0.0385 e. The zero-order valence-corrected chi connectivity index (χ0v) is 7.78. The van der Waals surface area contributed by atoms with Crippen LogP contribution >= 0.6 is 22.6 Å². The molecule has 10 heavy (non-hydrogen) atoms. The lowest BCUT2D eigenvalue weighted by atomic mass is 10.1. The maximum absolute atomic E-state index is 5.79. The minimum Gasteiger partial charge on any atom is -0.323 e. The van der Waals surface area contributed by atoms with Gasteiger partial charge in [0.15, 0.2) is 0 Å². The highest BCUT2D eigenvalue weighted by atomic mass is 127. The fraction of sp³-hybridized carbons (Fsp3) is 0.250. The first kappa shape index (κ1) is 8.01. The van der Waals surface area contributed by atoms with Gasteiger partial charge in [0.05, 0.1) is 0 Å². The summed E-state index contributed by atoms with van der Waals surface area (Å²) >= 11 is 2.29. The van der Waals surface area contributed by atoms with E-state index in [2.05, 4.69) is 34.7 Å². The van der Waals surface area contributed by atoms with E-state index < -0.39 is 0 Å². The summed E-state index contributed by atoms with van der Waals surface area (Å²) < 4.78 is 0.974. The predicted molar refractivity (Wildman–Crippen MR) is 52.3 cm³/mol. The smallest absolute Gasteiger partial charge is 0.0385 e. The number of alkyl halides is 1. The predicted octanol–water partition coefficient (Wildman–Crippen LogP) is 2.12.